The molecule has 15 heavy (non-hydrogen) atoms. The van der Waals surface area contributed by atoms with Gasteiger partial charge in [-0.1, -0.05) is 20.1 Å². The van der Waals surface area contributed by atoms with Crippen molar-refractivity contribution in [2.75, 3.05) is 0 Å². The second kappa shape index (κ2) is 7.62. The van der Waals surface area contributed by atoms with Gasteiger partial charge in [-0.25, -0.2) is 12.1 Å². The van der Waals surface area contributed by atoms with Gasteiger partial charge in [-0.15, -0.1) is 23.2 Å². The molecule has 2 rings (SSSR count). The fourth-order valence-electron chi connectivity index (χ4n) is 0.753. The second-order valence-corrected chi connectivity index (χ2v) is 4.07. The fraction of sp³-hybridized carbons (Fsp3) is 0. The maximum absolute atomic E-state index is 5.49. The van der Waals surface area contributed by atoms with Crippen molar-refractivity contribution in [2.24, 2.45) is 0 Å². The summed E-state index contributed by atoms with van der Waals surface area (Å²) < 4.78 is 0. The van der Waals surface area contributed by atoms with Crippen LogP contribution in [0.5, 0.6) is 0 Å². The van der Waals surface area contributed by atoms with Gasteiger partial charge in [-0.3, -0.25) is 0 Å². The second-order valence-electron chi connectivity index (χ2n) is 2.44. The zero-order valence-corrected chi connectivity index (χ0v) is 11.5. The van der Waals surface area contributed by atoms with Crippen molar-refractivity contribution in [1.82, 2.24) is 0 Å². The summed E-state index contributed by atoms with van der Waals surface area (Å²) in [6, 6.07) is 10.6. The zero-order chi connectivity index (χ0) is 10.6. The first-order valence-electron chi connectivity index (χ1n) is 3.74. The Morgan fingerprint density at radius 2 is 1.13 bits per heavy atom. The van der Waals surface area contributed by atoms with E-state index in [4.69, 9.17) is 46.4 Å². The van der Waals surface area contributed by atoms with E-state index in [1.807, 2.05) is 12.1 Å². The molecule has 0 aliphatic carbocycles. The van der Waals surface area contributed by atoms with E-state index in [0.29, 0.717) is 20.1 Å². The summed E-state index contributed by atoms with van der Waals surface area (Å²) in [6.07, 6.45) is 0. The molecule has 0 amide bonds. The van der Waals surface area contributed by atoms with E-state index in [9.17, 15) is 0 Å². The molecule has 0 spiro atoms. The van der Waals surface area contributed by atoms with Gasteiger partial charge in [-0.2, -0.15) is 47.5 Å². The molecule has 0 bridgehead atoms. The Balaban J connectivity index is 0.000000245. The monoisotopic (exact) mass is 322 g/mol. The topological polar surface area (TPSA) is 0 Å². The summed E-state index contributed by atoms with van der Waals surface area (Å²) in [5.41, 5.74) is 0. The van der Waals surface area contributed by atoms with Crippen molar-refractivity contribution in [3.05, 3.63) is 56.5 Å². The van der Waals surface area contributed by atoms with Crippen LogP contribution in [0.3, 0.4) is 0 Å². The Labute approximate surface area is 119 Å². The van der Waals surface area contributed by atoms with E-state index in [1.165, 1.54) is 0 Å². The minimum Gasteiger partial charge on any atom is -0.211 e. The molecule has 0 atom stereocenters. The molecule has 0 unspecified atom stereocenters. The molecule has 0 heterocycles. The first-order valence-corrected chi connectivity index (χ1v) is 5.26. The molecule has 0 aliphatic rings. The average molecular weight is 324 g/mol. The zero-order valence-electron chi connectivity index (χ0n) is 7.33. The first-order chi connectivity index (χ1) is 6.61. The number of halogens is 4. The van der Waals surface area contributed by atoms with Gasteiger partial charge >= 0.3 is 0 Å². The molecule has 0 radical (unpaired) electrons. The van der Waals surface area contributed by atoms with Crippen molar-refractivity contribution >= 4 is 46.4 Å². The van der Waals surface area contributed by atoms with Gasteiger partial charge in [0.05, 0.1) is 0 Å². The van der Waals surface area contributed by atoms with Crippen LogP contribution in [0.15, 0.2) is 36.4 Å². The van der Waals surface area contributed by atoms with E-state index < -0.39 is 0 Å². The van der Waals surface area contributed by atoms with Crippen LogP contribution in [-0.2, 0) is 17.1 Å². The largest absolute Gasteiger partial charge is 0.211 e. The van der Waals surface area contributed by atoms with Crippen LogP contribution in [0.4, 0.5) is 0 Å². The summed E-state index contributed by atoms with van der Waals surface area (Å²) in [5, 5.41) is 2.51. The number of hydrogen-bond acceptors (Lipinski definition) is 0. The van der Waals surface area contributed by atoms with Crippen LogP contribution < -0.4 is 0 Å². The third-order valence-electron chi connectivity index (χ3n) is 1.43. The molecule has 84 valence electrons. The molecule has 0 aliphatic heterocycles. The molecule has 0 saturated heterocycles. The Bertz CT molecular complexity index is 320. The maximum Gasteiger partial charge on any atom is 0 e. The molecule has 2 aromatic rings. The van der Waals surface area contributed by atoms with Crippen molar-refractivity contribution in [3.8, 4) is 0 Å². The Kier molecular flexibility index (Phi) is 7.81. The summed E-state index contributed by atoms with van der Waals surface area (Å²) in [7, 11) is 0. The molecule has 0 nitrogen and oxygen atoms in total. The van der Waals surface area contributed by atoms with Crippen LogP contribution in [0.2, 0.25) is 20.1 Å². The van der Waals surface area contributed by atoms with Gasteiger partial charge in [0.25, 0.3) is 0 Å². The van der Waals surface area contributed by atoms with Gasteiger partial charge in [0.15, 0.2) is 0 Å². The predicted molar refractivity (Wildman–Crippen MR) is 64.1 cm³/mol. The molecule has 0 N–H and O–H groups in total. The van der Waals surface area contributed by atoms with E-state index in [1.54, 1.807) is 24.3 Å². The van der Waals surface area contributed by atoms with Gasteiger partial charge in [0, 0.05) is 17.1 Å². The van der Waals surface area contributed by atoms with E-state index >= 15 is 0 Å². The molecular formula is C10H6Cl4Fe-2. The van der Waals surface area contributed by atoms with Gasteiger partial charge in [-0.05, 0) is 0 Å². The van der Waals surface area contributed by atoms with Crippen LogP contribution >= 0.6 is 46.4 Å². The van der Waals surface area contributed by atoms with Gasteiger partial charge in [0.1, 0.15) is 0 Å². The van der Waals surface area contributed by atoms with Crippen molar-refractivity contribution < 1.29 is 17.1 Å². The first kappa shape index (κ1) is 15.4. The van der Waals surface area contributed by atoms with E-state index in [2.05, 4.69) is 0 Å². The smallest absolute Gasteiger partial charge is 0 e. The average Bonchev–Trinajstić information content (AvgIpc) is 2.67. The van der Waals surface area contributed by atoms with Crippen LogP contribution in [0, 0.1) is 0 Å². The Morgan fingerprint density at radius 1 is 0.800 bits per heavy atom. The fourth-order valence-corrected chi connectivity index (χ4v) is 1.30. The van der Waals surface area contributed by atoms with Crippen LogP contribution in [0.1, 0.15) is 0 Å². The quantitative estimate of drug-likeness (QED) is 0.448. The van der Waals surface area contributed by atoms with Crippen LogP contribution in [-0.4, -0.2) is 0 Å². The predicted octanol–water partition coefficient (Wildman–Crippen LogP) is 5.42. The molecule has 5 heteroatoms. The van der Waals surface area contributed by atoms with E-state index in [-0.39, 0.29) is 17.1 Å². The SMILES string of the molecule is Clc1ccc[c-]1Cl.Clc1ccc[c-]1Cl.[Fe]. The van der Waals surface area contributed by atoms with Crippen molar-refractivity contribution in [2.45, 2.75) is 0 Å². The Morgan fingerprint density at radius 3 is 1.20 bits per heavy atom. The van der Waals surface area contributed by atoms with Crippen LogP contribution in [0.25, 0.3) is 0 Å². The standard InChI is InChI=1S/2C5H3Cl2.Fe/c2*6-4-2-1-3-5(4)7;/h2*1-3H;/q2*-1;. The minimum absolute atomic E-state index is 0. The number of hydrogen-bond donors (Lipinski definition) is 0. The molecular weight excluding hydrogens is 318 g/mol. The van der Waals surface area contributed by atoms with Gasteiger partial charge < -0.3 is 0 Å². The summed E-state index contributed by atoms with van der Waals surface area (Å²) in [4.78, 5) is 0. The molecule has 0 saturated carbocycles. The maximum atomic E-state index is 5.49. The Hall–Kier alpha value is 0.379. The van der Waals surface area contributed by atoms with E-state index in [0.717, 1.165) is 0 Å². The summed E-state index contributed by atoms with van der Waals surface area (Å²) in [5.74, 6) is 0. The van der Waals surface area contributed by atoms with Gasteiger partial charge in [0.2, 0.25) is 0 Å². The molecule has 0 aromatic heterocycles. The molecule has 2 aromatic carbocycles. The normalized spacial score (nSPS) is 8.80. The number of rotatable bonds is 0. The minimum atomic E-state index is 0. The van der Waals surface area contributed by atoms with Crippen molar-refractivity contribution in [1.29, 1.82) is 0 Å². The third kappa shape index (κ3) is 5.31. The summed E-state index contributed by atoms with van der Waals surface area (Å²) >= 11 is 22.0. The third-order valence-corrected chi connectivity index (χ3v) is 2.94. The van der Waals surface area contributed by atoms with Crippen molar-refractivity contribution in [3.63, 3.8) is 0 Å². The molecule has 0 fully saturated rings. The summed E-state index contributed by atoms with van der Waals surface area (Å²) in [6.45, 7) is 0.